The Kier molecular flexibility index (Phi) is 3.68. The maximum absolute atomic E-state index is 3.83. The van der Waals surface area contributed by atoms with Gasteiger partial charge in [-0.1, -0.05) is 27.2 Å². The Balaban J connectivity index is 1.77. The molecule has 2 saturated carbocycles. The van der Waals surface area contributed by atoms with E-state index in [0.717, 1.165) is 29.8 Å². The lowest BCUT2D eigenvalue weighted by molar-refractivity contribution is 0.00524. The van der Waals surface area contributed by atoms with Gasteiger partial charge in [0.25, 0.3) is 0 Å². The zero-order valence-electron chi connectivity index (χ0n) is 13.3. The fraction of sp³-hybridized carbons (Fsp3) is 1.00. The number of rotatable bonds is 3. The first-order chi connectivity index (χ1) is 9.02. The van der Waals surface area contributed by atoms with Crippen LogP contribution in [0.15, 0.2) is 0 Å². The predicted octanol–water partition coefficient (Wildman–Crippen LogP) is 3.27. The first-order valence-electron chi connectivity index (χ1n) is 8.53. The van der Waals surface area contributed by atoms with Gasteiger partial charge < -0.3 is 5.32 Å². The van der Waals surface area contributed by atoms with Gasteiger partial charge in [-0.15, -0.1) is 0 Å². The van der Waals surface area contributed by atoms with E-state index in [1.165, 1.54) is 45.2 Å². The highest BCUT2D eigenvalue weighted by molar-refractivity contribution is 5.03. The Morgan fingerprint density at radius 1 is 1.26 bits per heavy atom. The summed E-state index contributed by atoms with van der Waals surface area (Å²) >= 11 is 0. The molecule has 0 aromatic heterocycles. The zero-order valence-corrected chi connectivity index (χ0v) is 13.3. The molecule has 3 rings (SSSR count). The zero-order chi connectivity index (χ0) is 13.6. The quantitative estimate of drug-likeness (QED) is 0.841. The predicted molar refractivity (Wildman–Crippen MR) is 81.3 cm³/mol. The largest absolute Gasteiger partial charge is 0.309 e. The van der Waals surface area contributed by atoms with E-state index in [4.69, 9.17) is 0 Å². The SMILES string of the molecule is CCC1(C)CN(C2CC3CCC2C3)C(C(C)C)CN1. The highest BCUT2D eigenvalue weighted by Gasteiger charge is 2.47. The molecular weight excluding hydrogens is 232 g/mol. The highest BCUT2D eigenvalue weighted by atomic mass is 15.3. The molecule has 0 spiro atoms. The van der Waals surface area contributed by atoms with Crippen molar-refractivity contribution in [1.29, 1.82) is 0 Å². The molecule has 2 nitrogen and oxygen atoms in total. The fourth-order valence-corrected chi connectivity index (χ4v) is 4.88. The minimum Gasteiger partial charge on any atom is -0.309 e. The standard InChI is InChI=1S/C17H32N2/c1-5-17(4)11-19(16(10-18-17)12(2)3)15-9-13-6-7-14(15)8-13/h12-16,18H,5-11H2,1-4H3. The Bertz CT molecular complexity index is 327. The van der Waals surface area contributed by atoms with Crippen LogP contribution in [0.3, 0.4) is 0 Å². The average Bonchev–Trinajstić information content (AvgIpc) is 3.00. The number of hydrogen-bond donors (Lipinski definition) is 1. The molecule has 1 N–H and O–H groups in total. The van der Waals surface area contributed by atoms with Crippen LogP contribution in [-0.4, -0.2) is 35.6 Å². The Morgan fingerprint density at radius 2 is 2.05 bits per heavy atom. The summed E-state index contributed by atoms with van der Waals surface area (Å²) in [6.07, 6.45) is 7.29. The summed E-state index contributed by atoms with van der Waals surface area (Å²) in [5, 5.41) is 3.83. The minimum atomic E-state index is 0.340. The van der Waals surface area contributed by atoms with Crippen LogP contribution in [0, 0.1) is 17.8 Å². The normalized spacial score (nSPS) is 47.2. The van der Waals surface area contributed by atoms with Crippen LogP contribution >= 0.6 is 0 Å². The summed E-state index contributed by atoms with van der Waals surface area (Å²) in [5.41, 5.74) is 0.340. The maximum Gasteiger partial charge on any atom is 0.0278 e. The molecule has 19 heavy (non-hydrogen) atoms. The van der Waals surface area contributed by atoms with E-state index in [0.29, 0.717) is 5.54 Å². The van der Waals surface area contributed by atoms with Crippen molar-refractivity contribution >= 4 is 0 Å². The summed E-state index contributed by atoms with van der Waals surface area (Å²) in [5.74, 6) is 2.85. The Labute approximate surface area is 119 Å². The van der Waals surface area contributed by atoms with Crippen molar-refractivity contribution in [3.05, 3.63) is 0 Å². The molecule has 0 aromatic rings. The Morgan fingerprint density at radius 3 is 2.58 bits per heavy atom. The van der Waals surface area contributed by atoms with Crippen LogP contribution in [0.5, 0.6) is 0 Å². The van der Waals surface area contributed by atoms with Gasteiger partial charge >= 0.3 is 0 Å². The third-order valence-corrected chi connectivity index (χ3v) is 6.37. The molecule has 0 aromatic carbocycles. The fourth-order valence-electron chi connectivity index (χ4n) is 4.88. The molecule has 1 heterocycles. The van der Waals surface area contributed by atoms with E-state index in [1.807, 2.05) is 0 Å². The van der Waals surface area contributed by atoms with E-state index >= 15 is 0 Å². The van der Waals surface area contributed by atoms with Crippen molar-refractivity contribution < 1.29 is 0 Å². The molecule has 3 fully saturated rings. The first kappa shape index (κ1) is 13.9. The van der Waals surface area contributed by atoms with Gasteiger partial charge in [-0.05, 0) is 50.4 Å². The minimum absolute atomic E-state index is 0.340. The molecule has 5 atom stereocenters. The second-order valence-electron chi connectivity index (χ2n) is 8.02. The van der Waals surface area contributed by atoms with E-state index in [2.05, 4.69) is 37.9 Å². The first-order valence-corrected chi connectivity index (χ1v) is 8.53. The molecule has 0 amide bonds. The molecular formula is C17H32N2. The number of nitrogens with zero attached hydrogens (tertiary/aromatic N) is 1. The van der Waals surface area contributed by atoms with Gasteiger partial charge in [0.2, 0.25) is 0 Å². The van der Waals surface area contributed by atoms with Crippen molar-refractivity contribution in [1.82, 2.24) is 10.2 Å². The Hall–Kier alpha value is -0.0800. The molecule has 1 saturated heterocycles. The van der Waals surface area contributed by atoms with Crippen molar-refractivity contribution in [3.63, 3.8) is 0 Å². The number of fused-ring (bicyclic) bond motifs is 2. The lowest BCUT2D eigenvalue weighted by Crippen LogP contribution is -2.66. The van der Waals surface area contributed by atoms with E-state index < -0.39 is 0 Å². The molecule has 2 bridgehead atoms. The van der Waals surface area contributed by atoms with Gasteiger partial charge in [-0.3, -0.25) is 4.90 Å². The third-order valence-electron chi connectivity index (χ3n) is 6.37. The van der Waals surface area contributed by atoms with Crippen LogP contribution in [0.2, 0.25) is 0 Å². The number of piperazine rings is 1. The summed E-state index contributed by atoms with van der Waals surface area (Å²) < 4.78 is 0. The summed E-state index contributed by atoms with van der Waals surface area (Å²) in [6.45, 7) is 12.0. The monoisotopic (exact) mass is 264 g/mol. The number of nitrogens with one attached hydrogen (secondary N) is 1. The van der Waals surface area contributed by atoms with Gasteiger partial charge in [0.1, 0.15) is 0 Å². The van der Waals surface area contributed by atoms with Gasteiger partial charge in [0.15, 0.2) is 0 Å². The second-order valence-corrected chi connectivity index (χ2v) is 8.02. The van der Waals surface area contributed by atoms with Crippen LogP contribution in [0.25, 0.3) is 0 Å². The van der Waals surface area contributed by atoms with Crippen LogP contribution in [-0.2, 0) is 0 Å². The molecule has 2 aliphatic carbocycles. The topological polar surface area (TPSA) is 15.3 Å². The molecule has 2 heteroatoms. The number of hydrogen-bond acceptors (Lipinski definition) is 2. The molecule has 110 valence electrons. The van der Waals surface area contributed by atoms with E-state index in [1.54, 1.807) is 0 Å². The average molecular weight is 264 g/mol. The van der Waals surface area contributed by atoms with Gasteiger partial charge in [0, 0.05) is 30.7 Å². The molecule has 0 radical (unpaired) electrons. The summed E-state index contributed by atoms with van der Waals surface area (Å²) in [4.78, 5) is 2.93. The summed E-state index contributed by atoms with van der Waals surface area (Å²) in [7, 11) is 0. The third kappa shape index (κ3) is 2.47. The van der Waals surface area contributed by atoms with E-state index in [-0.39, 0.29) is 0 Å². The van der Waals surface area contributed by atoms with Gasteiger partial charge in [0.05, 0.1) is 0 Å². The van der Waals surface area contributed by atoms with Gasteiger partial charge in [-0.2, -0.15) is 0 Å². The smallest absolute Gasteiger partial charge is 0.0278 e. The lowest BCUT2D eigenvalue weighted by atomic mass is 9.85. The van der Waals surface area contributed by atoms with Crippen molar-refractivity contribution in [2.75, 3.05) is 13.1 Å². The van der Waals surface area contributed by atoms with Crippen molar-refractivity contribution in [2.45, 2.75) is 77.4 Å². The van der Waals surface area contributed by atoms with Crippen LogP contribution in [0.1, 0.15) is 59.8 Å². The van der Waals surface area contributed by atoms with Crippen LogP contribution < -0.4 is 5.32 Å². The molecule has 1 aliphatic heterocycles. The summed E-state index contributed by atoms with van der Waals surface area (Å²) in [6, 6.07) is 1.66. The van der Waals surface area contributed by atoms with Crippen molar-refractivity contribution in [3.8, 4) is 0 Å². The van der Waals surface area contributed by atoms with Crippen LogP contribution in [0.4, 0.5) is 0 Å². The highest BCUT2D eigenvalue weighted by Crippen LogP contribution is 2.48. The molecule has 3 aliphatic rings. The van der Waals surface area contributed by atoms with Crippen molar-refractivity contribution in [2.24, 2.45) is 17.8 Å². The van der Waals surface area contributed by atoms with E-state index in [9.17, 15) is 0 Å². The lowest BCUT2D eigenvalue weighted by Gasteiger charge is -2.51. The maximum atomic E-state index is 3.83. The molecule has 5 unspecified atom stereocenters. The second kappa shape index (κ2) is 5.04. The van der Waals surface area contributed by atoms with Gasteiger partial charge in [-0.25, -0.2) is 0 Å².